The van der Waals surface area contributed by atoms with Crippen molar-refractivity contribution in [3.05, 3.63) is 48.3 Å². The molecule has 1 aliphatic heterocycles. The van der Waals surface area contributed by atoms with Gasteiger partial charge in [-0.25, -0.2) is 4.98 Å². The van der Waals surface area contributed by atoms with Gasteiger partial charge < -0.3 is 9.88 Å². The summed E-state index contributed by atoms with van der Waals surface area (Å²) in [6, 6.07) is 3.62. The number of H-pyrrole nitrogens is 1. The molecular formula is C14H17N5O. The van der Waals surface area contributed by atoms with Gasteiger partial charge in [0.25, 0.3) is 5.91 Å². The Morgan fingerprint density at radius 1 is 1.30 bits per heavy atom. The van der Waals surface area contributed by atoms with E-state index in [1.807, 2.05) is 11.1 Å². The van der Waals surface area contributed by atoms with Crippen LogP contribution in [-0.4, -0.2) is 57.3 Å². The van der Waals surface area contributed by atoms with Crippen molar-refractivity contribution in [2.24, 2.45) is 0 Å². The van der Waals surface area contributed by atoms with E-state index in [1.54, 1.807) is 30.7 Å². The Morgan fingerprint density at radius 3 is 2.80 bits per heavy atom. The molecule has 1 amide bonds. The number of nitrogens with zero attached hydrogens (tertiary/aromatic N) is 4. The van der Waals surface area contributed by atoms with Gasteiger partial charge in [-0.2, -0.15) is 0 Å². The van der Waals surface area contributed by atoms with E-state index in [4.69, 9.17) is 0 Å². The third-order valence-electron chi connectivity index (χ3n) is 3.70. The van der Waals surface area contributed by atoms with Gasteiger partial charge >= 0.3 is 0 Å². The second-order valence-electron chi connectivity index (χ2n) is 4.96. The first-order valence-electron chi connectivity index (χ1n) is 6.64. The van der Waals surface area contributed by atoms with E-state index in [9.17, 15) is 4.79 Å². The Balaban J connectivity index is 1.77. The quantitative estimate of drug-likeness (QED) is 0.882. The minimum absolute atomic E-state index is 0.0528. The fourth-order valence-corrected chi connectivity index (χ4v) is 2.49. The van der Waals surface area contributed by atoms with Gasteiger partial charge in [0.05, 0.1) is 6.04 Å². The minimum atomic E-state index is 0.0528. The number of aromatic nitrogens is 3. The van der Waals surface area contributed by atoms with E-state index in [2.05, 4.69) is 26.9 Å². The molecule has 104 valence electrons. The topological polar surface area (TPSA) is 65.1 Å². The maximum Gasteiger partial charge on any atom is 0.254 e. The summed E-state index contributed by atoms with van der Waals surface area (Å²) in [7, 11) is 2.06. The highest BCUT2D eigenvalue weighted by atomic mass is 16.2. The molecule has 6 nitrogen and oxygen atoms in total. The van der Waals surface area contributed by atoms with Crippen molar-refractivity contribution in [2.45, 2.75) is 6.04 Å². The maximum atomic E-state index is 12.5. The number of rotatable bonds is 2. The summed E-state index contributed by atoms with van der Waals surface area (Å²) in [5.74, 6) is 0.955. The van der Waals surface area contributed by atoms with Crippen LogP contribution in [-0.2, 0) is 0 Å². The fourth-order valence-electron chi connectivity index (χ4n) is 2.49. The van der Waals surface area contributed by atoms with Crippen LogP contribution in [0.15, 0.2) is 36.9 Å². The molecule has 0 saturated carbocycles. The Hall–Kier alpha value is -2.21. The highest BCUT2D eigenvalue weighted by molar-refractivity contribution is 5.94. The molecule has 0 aromatic carbocycles. The Morgan fingerprint density at radius 2 is 2.10 bits per heavy atom. The van der Waals surface area contributed by atoms with Crippen LogP contribution < -0.4 is 0 Å². The summed E-state index contributed by atoms with van der Waals surface area (Å²) in [6.07, 6.45) is 6.85. The van der Waals surface area contributed by atoms with Crippen molar-refractivity contribution in [2.75, 3.05) is 26.7 Å². The normalized spacial score (nSPS) is 20.1. The molecule has 0 spiro atoms. The average Bonchev–Trinajstić information content (AvgIpc) is 3.02. The van der Waals surface area contributed by atoms with Crippen LogP contribution >= 0.6 is 0 Å². The molecule has 0 bridgehead atoms. The Kier molecular flexibility index (Phi) is 3.47. The number of nitrogens with one attached hydrogen (secondary N) is 1. The maximum absolute atomic E-state index is 12.5. The predicted molar refractivity (Wildman–Crippen MR) is 74.1 cm³/mol. The Labute approximate surface area is 117 Å². The van der Waals surface area contributed by atoms with E-state index in [1.165, 1.54) is 0 Å². The molecule has 20 heavy (non-hydrogen) atoms. The van der Waals surface area contributed by atoms with Crippen LogP contribution in [0, 0.1) is 0 Å². The molecule has 2 aromatic rings. The largest absolute Gasteiger partial charge is 0.347 e. The van der Waals surface area contributed by atoms with Crippen LogP contribution in [0.4, 0.5) is 0 Å². The van der Waals surface area contributed by atoms with Crippen molar-refractivity contribution in [1.29, 1.82) is 0 Å². The van der Waals surface area contributed by atoms with Crippen LogP contribution in [0.3, 0.4) is 0 Å². The zero-order valence-corrected chi connectivity index (χ0v) is 11.4. The molecular weight excluding hydrogens is 254 g/mol. The number of imidazole rings is 1. The first kappa shape index (κ1) is 12.8. The number of likely N-dealkylation sites (N-methyl/N-ethyl adjacent to an activating group) is 1. The molecule has 3 rings (SSSR count). The lowest BCUT2D eigenvalue weighted by atomic mass is 10.1. The summed E-state index contributed by atoms with van der Waals surface area (Å²) in [5.41, 5.74) is 0.683. The molecule has 6 heteroatoms. The van der Waals surface area contributed by atoms with Gasteiger partial charge in [-0.1, -0.05) is 0 Å². The van der Waals surface area contributed by atoms with E-state index >= 15 is 0 Å². The second kappa shape index (κ2) is 5.42. The molecule has 0 aliphatic carbocycles. The van der Waals surface area contributed by atoms with Crippen LogP contribution in [0.5, 0.6) is 0 Å². The molecule has 1 aliphatic rings. The SMILES string of the molecule is CN1CCN(C(=O)c2ccncc2)C[C@H]1c1ncc[nH]1. The predicted octanol–water partition coefficient (Wildman–Crippen LogP) is 0.934. The van der Waals surface area contributed by atoms with Crippen molar-refractivity contribution >= 4 is 5.91 Å². The molecule has 1 atom stereocenters. The number of hydrogen-bond donors (Lipinski definition) is 1. The number of pyridine rings is 1. The third-order valence-corrected chi connectivity index (χ3v) is 3.70. The van der Waals surface area contributed by atoms with Crippen molar-refractivity contribution < 1.29 is 4.79 Å². The lowest BCUT2D eigenvalue weighted by Crippen LogP contribution is -2.49. The van der Waals surface area contributed by atoms with E-state index < -0.39 is 0 Å². The van der Waals surface area contributed by atoms with Gasteiger partial charge in [0, 0.05) is 50.0 Å². The standard InChI is InChI=1S/C14H17N5O/c1-18-8-9-19(10-12(18)13-16-6-7-17-13)14(20)11-2-4-15-5-3-11/h2-7,12H,8-10H2,1H3,(H,16,17)/t12-/m0/s1. The molecule has 3 heterocycles. The summed E-state index contributed by atoms with van der Waals surface area (Å²) < 4.78 is 0. The van der Waals surface area contributed by atoms with Crippen LogP contribution in [0.2, 0.25) is 0 Å². The zero-order chi connectivity index (χ0) is 13.9. The molecule has 1 fully saturated rings. The van der Waals surface area contributed by atoms with Crippen molar-refractivity contribution in [1.82, 2.24) is 24.8 Å². The minimum Gasteiger partial charge on any atom is -0.347 e. The van der Waals surface area contributed by atoms with Gasteiger partial charge in [0.15, 0.2) is 0 Å². The fraction of sp³-hybridized carbons (Fsp3) is 0.357. The summed E-state index contributed by atoms with van der Waals surface area (Å²) in [4.78, 5) is 28.0. The lowest BCUT2D eigenvalue weighted by Gasteiger charge is -2.38. The van der Waals surface area contributed by atoms with E-state index in [0.29, 0.717) is 12.1 Å². The first-order valence-corrected chi connectivity index (χ1v) is 6.64. The van der Waals surface area contributed by atoms with Gasteiger partial charge in [-0.05, 0) is 19.2 Å². The molecule has 0 radical (unpaired) electrons. The number of carbonyl (C=O) groups is 1. The van der Waals surface area contributed by atoms with Crippen LogP contribution in [0.25, 0.3) is 0 Å². The number of carbonyl (C=O) groups excluding carboxylic acids is 1. The summed E-state index contributed by atoms with van der Waals surface area (Å²) in [6.45, 7) is 2.21. The number of piperazine rings is 1. The summed E-state index contributed by atoms with van der Waals surface area (Å²) >= 11 is 0. The van der Waals surface area contributed by atoms with Crippen molar-refractivity contribution in [3.8, 4) is 0 Å². The molecule has 2 aromatic heterocycles. The zero-order valence-electron chi connectivity index (χ0n) is 11.4. The van der Waals surface area contributed by atoms with Gasteiger partial charge in [0.1, 0.15) is 5.82 Å². The van der Waals surface area contributed by atoms with E-state index in [-0.39, 0.29) is 11.9 Å². The third kappa shape index (κ3) is 2.42. The molecule has 1 saturated heterocycles. The first-order chi connectivity index (χ1) is 9.75. The monoisotopic (exact) mass is 271 g/mol. The van der Waals surface area contributed by atoms with Gasteiger partial charge in [-0.3, -0.25) is 14.7 Å². The van der Waals surface area contributed by atoms with E-state index in [0.717, 1.165) is 18.9 Å². The summed E-state index contributed by atoms with van der Waals surface area (Å²) in [5, 5.41) is 0. The number of hydrogen-bond acceptors (Lipinski definition) is 4. The molecule has 1 N–H and O–H groups in total. The highest BCUT2D eigenvalue weighted by Crippen LogP contribution is 2.22. The highest BCUT2D eigenvalue weighted by Gasteiger charge is 2.30. The van der Waals surface area contributed by atoms with Gasteiger partial charge in [0.2, 0.25) is 0 Å². The van der Waals surface area contributed by atoms with Gasteiger partial charge in [-0.15, -0.1) is 0 Å². The Bertz CT molecular complexity index is 569. The number of amides is 1. The second-order valence-corrected chi connectivity index (χ2v) is 4.96. The average molecular weight is 271 g/mol. The number of aromatic amines is 1. The van der Waals surface area contributed by atoms with Crippen molar-refractivity contribution in [3.63, 3.8) is 0 Å². The van der Waals surface area contributed by atoms with Crippen LogP contribution in [0.1, 0.15) is 22.2 Å². The molecule has 0 unspecified atom stereocenters. The lowest BCUT2D eigenvalue weighted by molar-refractivity contribution is 0.0534. The smallest absolute Gasteiger partial charge is 0.254 e.